The van der Waals surface area contributed by atoms with Crippen molar-refractivity contribution in [2.24, 2.45) is 0 Å². The molecule has 0 spiro atoms. The Hall–Kier alpha value is -0.620. The maximum Gasteiger partial charge on any atom is 0.260 e. The smallest absolute Gasteiger partial charge is 0.260 e. The Kier molecular flexibility index (Phi) is 4.53. The van der Waals surface area contributed by atoms with Crippen LogP contribution >= 0.6 is 12.2 Å². The van der Waals surface area contributed by atoms with E-state index < -0.39 is 9.84 Å². The zero-order valence-electron chi connectivity index (χ0n) is 8.65. The van der Waals surface area contributed by atoms with Crippen LogP contribution in [-0.2, 0) is 14.6 Å². The van der Waals surface area contributed by atoms with Crippen molar-refractivity contribution in [3.63, 3.8) is 0 Å². The van der Waals surface area contributed by atoms with Crippen molar-refractivity contribution in [1.29, 1.82) is 0 Å². The SMILES string of the molecule is CCCCOC(=S)NC1=CCS(=O)(=O)C1. The summed E-state index contributed by atoms with van der Waals surface area (Å²) in [7, 11) is -2.94. The Bertz CT molecular complexity index is 360. The third kappa shape index (κ3) is 4.61. The molecule has 1 aliphatic heterocycles. The number of rotatable bonds is 4. The van der Waals surface area contributed by atoms with E-state index in [1.807, 2.05) is 0 Å². The molecule has 0 saturated carbocycles. The second kappa shape index (κ2) is 5.46. The van der Waals surface area contributed by atoms with Gasteiger partial charge in [0.05, 0.1) is 18.1 Å². The monoisotopic (exact) mass is 249 g/mol. The minimum absolute atomic E-state index is 0.0320. The lowest BCUT2D eigenvalue weighted by molar-refractivity contribution is 0.294. The minimum Gasteiger partial charge on any atom is -0.471 e. The first-order valence-corrected chi connectivity index (χ1v) is 7.09. The summed E-state index contributed by atoms with van der Waals surface area (Å²) >= 11 is 4.91. The molecule has 0 saturated heterocycles. The van der Waals surface area contributed by atoms with Gasteiger partial charge in [0.2, 0.25) is 0 Å². The molecular weight excluding hydrogens is 234 g/mol. The quantitative estimate of drug-likeness (QED) is 0.595. The molecule has 86 valence electrons. The van der Waals surface area contributed by atoms with E-state index in [1.54, 1.807) is 6.08 Å². The second-order valence-electron chi connectivity index (χ2n) is 3.40. The summed E-state index contributed by atoms with van der Waals surface area (Å²) in [5.41, 5.74) is 0.622. The molecule has 0 bridgehead atoms. The van der Waals surface area contributed by atoms with Crippen molar-refractivity contribution in [3.05, 3.63) is 11.8 Å². The highest BCUT2D eigenvalue weighted by Crippen LogP contribution is 2.08. The van der Waals surface area contributed by atoms with Crippen molar-refractivity contribution in [3.8, 4) is 0 Å². The highest BCUT2D eigenvalue weighted by atomic mass is 32.2. The summed E-state index contributed by atoms with van der Waals surface area (Å²) in [5.74, 6) is 0.122. The number of ether oxygens (including phenoxy) is 1. The zero-order valence-corrected chi connectivity index (χ0v) is 10.3. The maximum absolute atomic E-state index is 11.1. The topological polar surface area (TPSA) is 55.4 Å². The number of hydrogen-bond acceptors (Lipinski definition) is 4. The van der Waals surface area contributed by atoms with Crippen LogP contribution in [-0.4, -0.2) is 31.7 Å². The molecule has 1 aliphatic rings. The number of sulfone groups is 1. The van der Waals surface area contributed by atoms with Gasteiger partial charge in [0.15, 0.2) is 9.84 Å². The average Bonchev–Trinajstić information content (AvgIpc) is 2.46. The molecule has 0 amide bonds. The van der Waals surface area contributed by atoms with E-state index in [9.17, 15) is 8.42 Å². The van der Waals surface area contributed by atoms with Gasteiger partial charge in [-0.25, -0.2) is 8.42 Å². The number of hydrogen-bond donors (Lipinski definition) is 1. The summed E-state index contributed by atoms with van der Waals surface area (Å²) in [4.78, 5) is 0. The van der Waals surface area contributed by atoms with Crippen molar-refractivity contribution in [2.75, 3.05) is 18.1 Å². The average molecular weight is 249 g/mol. The predicted molar refractivity (Wildman–Crippen MR) is 63.3 cm³/mol. The molecule has 0 aromatic rings. The predicted octanol–water partition coefficient (Wildman–Crippen LogP) is 0.990. The van der Waals surface area contributed by atoms with Crippen molar-refractivity contribution in [2.45, 2.75) is 19.8 Å². The summed E-state index contributed by atoms with van der Waals surface area (Å²) in [6.07, 6.45) is 3.61. The van der Waals surface area contributed by atoms with Crippen LogP contribution in [0.15, 0.2) is 11.8 Å². The zero-order chi connectivity index (χ0) is 11.3. The molecule has 6 heteroatoms. The van der Waals surface area contributed by atoms with E-state index in [4.69, 9.17) is 17.0 Å². The molecule has 0 fully saturated rings. The largest absolute Gasteiger partial charge is 0.471 e. The molecule has 0 atom stereocenters. The van der Waals surface area contributed by atoms with Crippen molar-refractivity contribution < 1.29 is 13.2 Å². The van der Waals surface area contributed by atoms with Gasteiger partial charge in [0.1, 0.15) is 0 Å². The van der Waals surface area contributed by atoms with E-state index in [2.05, 4.69) is 12.2 Å². The van der Waals surface area contributed by atoms with Crippen LogP contribution in [0.4, 0.5) is 0 Å². The van der Waals surface area contributed by atoms with Crippen LogP contribution < -0.4 is 5.32 Å². The van der Waals surface area contributed by atoms with Crippen LogP contribution in [0, 0.1) is 0 Å². The van der Waals surface area contributed by atoms with Crippen LogP contribution in [0.2, 0.25) is 0 Å². The Balaban J connectivity index is 2.28. The molecule has 1 N–H and O–H groups in total. The lowest BCUT2D eigenvalue weighted by Crippen LogP contribution is -2.25. The molecule has 1 heterocycles. The molecule has 4 nitrogen and oxygen atoms in total. The Morgan fingerprint density at radius 3 is 2.93 bits per heavy atom. The third-order valence-electron chi connectivity index (χ3n) is 1.95. The van der Waals surface area contributed by atoms with E-state index >= 15 is 0 Å². The first kappa shape index (κ1) is 12.4. The summed E-state index contributed by atoms with van der Waals surface area (Å²) in [5, 5.41) is 3.04. The highest BCUT2D eigenvalue weighted by molar-refractivity contribution is 7.92. The summed E-state index contributed by atoms with van der Waals surface area (Å²) in [6, 6.07) is 0. The summed E-state index contributed by atoms with van der Waals surface area (Å²) in [6.45, 7) is 2.63. The van der Waals surface area contributed by atoms with Crippen molar-refractivity contribution in [1.82, 2.24) is 5.32 Å². The van der Waals surface area contributed by atoms with Crippen LogP contribution in [0.25, 0.3) is 0 Å². The van der Waals surface area contributed by atoms with E-state index in [0.717, 1.165) is 12.8 Å². The molecule has 1 rings (SSSR count). The highest BCUT2D eigenvalue weighted by Gasteiger charge is 2.20. The van der Waals surface area contributed by atoms with Crippen molar-refractivity contribution >= 4 is 27.2 Å². The van der Waals surface area contributed by atoms with Crippen LogP contribution in [0.3, 0.4) is 0 Å². The van der Waals surface area contributed by atoms with E-state index in [0.29, 0.717) is 12.3 Å². The Morgan fingerprint density at radius 2 is 2.40 bits per heavy atom. The third-order valence-corrected chi connectivity index (χ3v) is 3.60. The van der Waals surface area contributed by atoms with Gasteiger partial charge in [-0.3, -0.25) is 0 Å². The van der Waals surface area contributed by atoms with Crippen LogP contribution in [0.5, 0.6) is 0 Å². The van der Waals surface area contributed by atoms with Crippen LogP contribution in [0.1, 0.15) is 19.8 Å². The fourth-order valence-electron chi connectivity index (χ4n) is 1.15. The van der Waals surface area contributed by atoms with E-state index in [-0.39, 0.29) is 16.7 Å². The number of nitrogens with one attached hydrogen (secondary N) is 1. The number of thiocarbonyl (C=S) groups is 1. The lowest BCUT2D eigenvalue weighted by atomic mass is 10.4. The maximum atomic E-state index is 11.1. The van der Waals surface area contributed by atoms with Gasteiger partial charge in [-0.15, -0.1) is 0 Å². The second-order valence-corrected chi connectivity index (χ2v) is 5.88. The van der Waals surface area contributed by atoms with E-state index in [1.165, 1.54) is 0 Å². The Labute approximate surface area is 95.6 Å². The molecule has 0 aromatic heterocycles. The van der Waals surface area contributed by atoms with Gasteiger partial charge < -0.3 is 10.1 Å². The molecule has 15 heavy (non-hydrogen) atoms. The molecule has 0 radical (unpaired) electrons. The first-order valence-electron chi connectivity index (χ1n) is 4.87. The molecule has 0 aliphatic carbocycles. The summed E-state index contributed by atoms with van der Waals surface area (Å²) < 4.78 is 27.4. The first-order chi connectivity index (χ1) is 7.03. The van der Waals surface area contributed by atoms with Gasteiger partial charge in [0.25, 0.3) is 5.17 Å². The molecular formula is C9H15NO3S2. The number of unbranched alkanes of at least 4 members (excludes halogenated alkanes) is 1. The molecule has 0 aromatic carbocycles. The Morgan fingerprint density at radius 1 is 1.67 bits per heavy atom. The van der Waals surface area contributed by atoms with Gasteiger partial charge >= 0.3 is 0 Å². The van der Waals surface area contributed by atoms with Gasteiger partial charge in [-0.2, -0.15) is 0 Å². The fraction of sp³-hybridized carbons (Fsp3) is 0.667. The molecule has 0 unspecified atom stereocenters. The normalized spacial score (nSPS) is 18.3. The van der Waals surface area contributed by atoms with Gasteiger partial charge in [-0.05, 0) is 24.7 Å². The van der Waals surface area contributed by atoms with Gasteiger partial charge in [0, 0.05) is 5.70 Å². The lowest BCUT2D eigenvalue weighted by Gasteiger charge is -2.09. The van der Waals surface area contributed by atoms with Gasteiger partial charge in [-0.1, -0.05) is 13.3 Å². The fourth-order valence-corrected chi connectivity index (χ4v) is 2.60. The minimum atomic E-state index is -2.94. The standard InChI is InChI=1S/C9H15NO3S2/c1-2-3-5-13-9(14)10-8-4-6-15(11,12)7-8/h4H,2-3,5-7H2,1H3,(H,10,14).